The summed E-state index contributed by atoms with van der Waals surface area (Å²) in [5.74, 6) is -1.65. The lowest BCUT2D eigenvalue weighted by atomic mass is 10.1. The molecule has 164 valence electrons. The van der Waals surface area contributed by atoms with Crippen molar-refractivity contribution >= 4 is 26.9 Å². The molecule has 0 aliphatic rings. The summed E-state index contributed by atoms with van der Waals surface area (Å²) >= 11 is 0. The zero-order valence-corrected chi connectivity index (χ0v) is 17.8. The first-order valence-corrected chi connectivity index (χ1v) is 11.4. The Hall–Kier alpha value is -3.49. The molecule has 0 aliphatic carbocycles. The molecule has 0 radical (unpaired) electrons. The van der Waals surface area contributed by atoms with E-state index < -0.39 is 32.7 Å². The molecule has 32 heavy (non-hydrogen) atoms. The van der Waals surface area contributed by atoms with E-state index in [2.05, 4.69) is 9.71 Å². The van der Waals surface area contributed by atoms with Crippen LogP contribution in [-0.2, 0) is 32.6 Å². The van der Waals surface area contributed by atoms with Crippen LogP contribution in [0.3, 0.4) is 0 Å². The van der Waals surface area contributed by atoms with Gasteiger partial charge in [0.05, 0.1) is 0 Å². The number of hydrogen-bond acceptors (Lipinski definition) is 4. The number of nitrogens with one attached hydrogen (secondary N) is 2. The molecule has 1 aromatic heterocycles. The largest absolute Gasteiger partial charge is 0.460 e. The van der Waals surface area contributed by atoms with Gasteiger partial charge in [-0.25, -0.2) is 12.8 Å². The van der Waals surface area contributed by atoms with E-state index in [0.29, 0.717) is 0 Å². The summed E-state index contributed by atoms with van der Waals surface area (Å²) in [6.07, 6.45) is 1.75. The van der Waals surface area contributed by atoms with Crippen LogP contribution in [-0.4, -0.2) is 25.4 Å². The van der Waals surface area contributed by atoms with Crippen LogP contribution in [0.15, 0.2) is 90.0 Å². The fraction of sp³-hybridized carbons (Fsp3) is 0.125. The fourth-order valence-electron chi connectivity index (χ4n) is 3.44. The third-order valence-corrected chi connectivity index (χ3v) is 6.54. The topological polar surface area (TPSA) is 88.3 Å². The summed E-state index contributed by atoms with van der Waals surface area (Å²) in [5.41, 5.74) is 2.36. The number of fused-ring (bicyclic) bond motifs is 1. The molecular weight excluding hydrogens is 431 g/mol. The summed E-state index contributed by atoms with van der Waals surface area (Å²) in [5, 5.41) is 0.860. The van der Waals surface area contributed by atoms with E-state index in [1.807, 2.05) is 42.5 Å². The fourth-order valence-corrected chi connectivity index (χ4v) is 4.70. The monoisotopic (exact) mass is 452 g/mol. The summed E-state index contributed by atoms with van der Waals surface area (Å²) in [6, 6.07) is 20.3. The standard InChI is InChI=1S/C24H21FN2O4S/c25-20-11-5-7-13-23(20)32(29,30)27-22(24(28)31-16-17-8-2-1-3-9-17)14-18-15-26-21-12-6-4-10-19(18)21/h1-13,15,22,26-27H,14,16H2. The smallest absolute Gasteiger partial charge is 0.324 e. The Kier molecular flexibility index (Phi) is 6.34. The van der Waals surface area contributed by atoms with E-state index in [1.54, 1.807) is 18.3 Å². The van der Waals surface area contributed by atoms with Crippen molar-refractivity contribution in [1.82, 2.24) is 9.71 Å². The Bertz CT molecular complexity index is 1340. The molecule has 0 spiro atoms. The van der Waals surface area contributed by atoms with Crippen molar-refractivity contribution in [2.75, 3.05) is 0 Å². The molecule has 0 saturated carbocycles. The second-order valence-corrected chi connectivity index (χ2v) is 8.94. The highest BCUT2D eigenvalue weighted by Crippen LogP contribution is 2.21. The van der Waals surface area contributed by atoms with Gasteiger partial charge in [0, 0.05) is 23.5 Å². The van der Waals surface area contributed by atoms with Gasteiger partial charge in [-0.1, -0.05) is 60.7 Å². The van der Waals surface area contributed by atoms with Crippen LogP contribution in [0.25, 0.3) is 10.9 Å². The van der Waals surface area contributed by atoms with Gasteiger partial charge < -0.3 is 9.72 Å². The lowest BCUT2D eigenvalue weighted by Crippen LogP contribution is -2.43. The van der Waals surface area contributed by atoms with E-state index >= 15 is 0 Å². The molecule has 0 bridgehead atoms. The Balaban J connectivity index is 1.61. The molecule has 1 unspecified atom stereocenters. The Morgan fingerprint density at radius 1 is 0.969 bits per heavy atom. The minimum Gasteiger partial charge on any atom is -0.460 e. The number of esters is 1. The molecule has 8 heteroatoms. The van der Waals surface area contributed by atoms with Crippen LogP contribution in [0.1, 0.15) is 11.1 Å². The van der Waals surface area contributed by atoms with E-state index in [-0.39, 0.29) is 13.0 Å². The molecule has 1 atom stereocenters. The van der Waals surface area contributed by atoms with Crippen molar-refractivity contribution in [2.45, 2.75) is 24.0 Å². The first-order valence-electron chi connectivity index (χ1n) is 9.96. The van der Waals surface area contributed by atoms with Crippen molar-refractivity contribution in [3.8, 4) is 0 Å². The number of benzene rings is 3. The molecule has 2 N–H and O–H groups in total. The number of rotatable bonds is 8. The summed E-state index contributed by atoms with van der Waals surface area (Å²) in [6.45, 7) is -0.00845. The number of hydrogen-bond donors (Lipinski definition) is 2. The van der Waals surface area contributed by atoms with Crippen LogP contribution in [0.4, 0.5) is 4.39 Å². The van der Waals surface area contributed by atoms with E-state index in [1.165, 1.54) is 12.1 Å². The molecule has 1 heterocycles. The molecular formula is C24H21FN2O4S. The second kappa shape index (κ2) is 9.33. The average Bonchev–Trinajstić information content (AvgIpc) is 3.20. The number of carbonyl (C=O) groups is 1. The molecule has 0 amide bonds. The molecule has 4 aromatic rings. The molecule has 3 aromatic carbocycles. The van der Waals surface area contributed by atoms with Crippen LogP contribution in [0, 0.1) is 5.82 Å². The lowest BCUT2D eigenvalue weighted by Gasteiger charge is -2.18. The molecule has 4 rings (SSSR count). The predicted molar refractivity (Wildman–Crippen MR) is 119 cm³/mol. The summed E-state index contributed by atoms with van der Waals surface area (Å²) in [7, 11) is -4.31. The van der Waals surface area contributed by atoms with Crippen molar-refractivity contribution in [1.29, 1.82) is 0 Å². The predicted octanol–water partition coefficient (Wildman–Crippen LogP) is 3.94. The van der Waals surface area contributed by atoms with Gasteiger partial charge in [0.1, 0.15) is 23.4 Å². The molecule has 0 saturated heterocycles. The Morgan fingerprint density at radius 2 is 1.66 bits per heavy atom. The molecule has 0 aliphatic heterocycles. The van der Waals surface area contributed by atoms with Gasteiger partial charge in [0.2, 0.25) is 10.0 Å². The number of aromatic nitrogens is 1. The van der Waals surface area contributed by atoms with Gasteiger partial charge in [-0.15, -0.1) is 0 Å². The van der Waals surface area contributed by atoms with Crippen molar-refractivity contribution < 1.29 is 22.3 Å². The van der Waals surface area contributed by atoms with Gasteiger partial charge in [0.15, 0.2) is 0 Å². The van der Waals surface area contributed by atoms with Crippen molar-refractivity contribution in [3.05, 3.63) is 102 Å². The van der Waals surface area contributed by atoms with E-state index in [4.69, 9.17) is 4.74 Å². The maximum atomic E-state index is 14.2. The minimum atomic E-state index is -4.31. The quantitative estimate of drug-likeness (QED) is 0.397. The number of halogens is 1. The zero-order chi connectivity index (χ0) is 22.6. The Morgan fingerprint density at radius 3 is 2.44 bits per heavy atom. The van der Waals surface area contributed by atoms with Crippen LogP contribution >= 0.6 is 0 Å². The number of carbonyl (C=O) groups excluding carboxylic acids is 1. The normalized spacial score (nSPS) is 12.5. The third-order valence-electron chi connectivity index (χ3n) is 5.03. The highest BCUT2D eigenvalue weighted by Gasteiger charge is 2.29. The molecule has 0 fully saturated rings. The third kappa shape index (κ3) is 4.87. The number of aromatic amines is 1. The highest BCUT2D eigenvalue weighted by molar-refractivity contribution is 7.89. The first kappa shape index (κ1) is 21.7. The van der Waals surface area contributed by atoms with Gasteiger partial charge >= 0.3 is 5.97 Å². The van der Waals surface area contributed by atoms with Crippen LogP contribution < -0.4 is 4.72 Å². The SMILES string of the molecule is O=C(OCc1ccccc1)C(Cc1c[nH]c2ccccc12)NS(=O)(=O)c1ccccc1F. The van der Waals surface area contributed by atoms with E-state index in [0.717, 1.165) is 34.2 Å². The number of H-pyrrole nitrogens is 1. The second-order valence-electron chi connectivity index (χ2n) is 7.26. The van der Waals surface area contributed by atoms with Crippen LogP contribution in [0.5, 0.6) is 0 Å². The van der Waals surface area contributed by atoms with Crippen LogP contribution in [0.2, 0.25) is 0 Å². The number of sulfonamides is 1. The average molecular weight is 453 g/mol. The number of para-hydroxylation sites is 1. The Labute approximate surface area is 185 Å². The van der Waals surface area contributed by atoms with Gasteiger partial charge in [-0.3, -0.25) is 4.79 Å². The van der Waals surface area contributed by atoms with Gasteiger partial charge in [-0.2, -0.15) is 4.72 Å². The zero-order valence-electron chi connectivity index (χ0n) is 17.0. The summed E-state index contributed by atoms with van der Waals surface area (Å²) in [4.78, 5) is 15.5. The maximum absolute atomic E-state index is 14.2. The van der Waals surface area contributed by atoms with Crippen molar-refractivity contribution in [2.24, 2.45) is 0 Å². The van der Waals surface area contributed by atoms with Gasteiger partial charge in [0.25, 0.3) is 0 Å². The lowest BCUT2D eigenvalue weighted by molar-refractivity contribution is -0.147. The first-order chi connectivity index (χ1) is 15.4. The molecule has 6 nitrogen and oxygen atoms in total. The maximum Gasteiger partial charge on any atom is 0.324 e. The van der Waals surface area contributed by atoms with Crippen molar-refractivity contribution in [3.63, 3.8) is 0 Å². The highest BCUT2D eigenvalue weighted by atomic mass is 32.2. The minimum absolute atomic E-state index is 0.00845. The number of ether oxygens (including phenoxy) is 1. The van der Waals surface area contributed by atoms with E-state index in [9.17, 15) is 17.6 Å². The van der Waals surface area contributed by atoms with Gasteiger partial charge in [-0.05, 0) is 29.3 Å². The summed E-state index contributed by atoms with van der Waals surface area (Å²) < 4.78 is 47.6.